The van der Waals surface area contributed by atoms with E-state index in [1.807, 2.05) is 12.1 Å². The first-order chi connectivity index (χ1) is 11.6. The summed E-state index contributed by atoms with van der Waals surface area (Å²) in [5.41, 5.74) is 1.25. The van der Waals surface area contributed by atoms with Crippen LogP contribution in [0.4, 0.5) is 11.4 Å². The van der Waals surface area contributed by atoms with Crippen molar-refractivity contribution < 1.29 is 9.45 Å². The Bertz CT molecular complexity index is 866. The zero-order valence-electron chi connectivity index (χ0n) is 12.5. The summed E-state index contributed by atoms with van der Waals surface area (Å²) in [7, 11) is 0. The van der Waals surface area contributed by atoms with Crippen molar-refractivity contribution >= 4 is 23.0 Å². The summed E-state index contributed by atoms with van der Waals surface area (Å²) in [4.78, 5) is 14.8. The Hall–Kier alpha value is -2.93. The molecule has 0 spiro atoms. The molecule has 0 aliphatic heterocycles. The number of nitrogens with zero attached hydrogens (tertiary/aromatic N) is 3. The topological polar surface area (TPSA) is 94.1 Å². The van der Waals surface area contributed by atoms with E-state index in [9.17, 15) is 10.1 Å². The SMILES string of the molecule is O=[N+]([O-])c1ccccc1NCCc1nc(-c2cccc(Cl)c2)no1. The van der Waals surface area contributed by atoms with Crippen LogP contribution in [0.15, 0.2) is 53.1 Å². The fourth-order valence-corrected chi connectivity index (χ4v) is 2.38. The monoisotopic (exact) mass is 344 g/mol. The number of rotatable bonds is 6. The molecule has 3 aromatic rings. The molecule has 0 aliphatic rings. The number of para-hydroxylation sites is 2. The Morgan fingerprint density at radius 3 is 2.83 bits per heavy atom. The summed E-state index contributed by atoms with van der Waals surface area (Å²) < 4.78 is 5.20. The quantitative estimate of drug-likeness (QED) is 0.537. The van der Waals surface area contributed by atoms with Crippen molar-refractivity contribution in [3.05, 3.63) is 69.6 Å². The maximum Gasteiger partial charge on any atom is 0.292 e. The third-order valence-electron chi connectivity index (χ3n) is 3.31. The summed E-state index contributed by atoms with van der Waals surface area (Å²) in [5, 5.41) is 18.5. The van der Waals surface area contributed by atoms with Crippen LogP contribution < -0.4 is 5.32 Å². The van der Waals surface area contributed by atoms with E-state index in [4.69, 9.17) is 16.1 Å². The van der Waals surface area contributed by atoms with Crippen LogP contribution in [-0.4, -0.2) is 21.6 Å². The number of benzene rings is 2. The van der Waals surface area contributed by atoms with Crippen LogP contribution in [0.25, 0.3) is 11.4 Å². The van der Waals surface area contributed by atoms with Crippen LogP contribution in [0.5, 0.6) is 0 Å². The van der Waals surface area contributed by atoms with Crippen LogP contribution in [0.3, 0.4) is 0 Å². The molecule has 0 unspecified atom stereocenters. The predicted octanol–water partition coefficient (Wildman–Crippen LogP) is 3.95. The first-order valence-electron chi connectivity index (χ1n) is 7.19. The normalized spacial score (nSPS) is 10.5. The fourth-order valence-electron chi connectivity index (χ4n) is 2.19. The lowest BCUT2D eigenvalue weighted by atomic mass is 10.2. The molecule has 0 fully saturated rings. The van der Waals surface area contributed by atoms with Crippen LogP contribution >= 0.6 is 11.6 Å². The van der Waals surface area contributed by atoms with Gasteiger partial charge in [0.05, 0.1) is 4.92 Å². The minimum Gasteiger partial charge on any atom is -0.379 e. The lowest BCUT2D eigenvalue weighted by Crippen LogP contribution is -2.07. The molecule has 1 aromatic heterocycles. The van der Waals surface area contributed by atoms with Gasteiger partial charge in [-0.3, -0.25) is 10.1 Å². The molecule has 122 valence electrons. The Morgan fingerprint density at radius 2 is 2.04 bits per heavy atom. The standard InChI is InChI=1S/C16H13ClN4O3/c17-12-5-3-4-11(10-12)16-19-15(24-20-16)8-9-18-13-6-1-2-7-14(13)21(22)23/h1-7,10,18H,8-9H2. The van der Waals surface area contributed by atoms with E-state index >= 15 is 0 Å². The Labute approximate surface area is 142 Å². The van der Waals surface area contributed by atoms with Gasteiger partial charge in [0, 0.05) is 29.6 Å². The number of hydrogen-bond donors (Lipinski definition) is 1. The van der Waals surface area contributed by atoms with Gasteiger partial charge < -0.3 is 9.84 Å². The van der Waals surface area contributed by atoms with Gasteiger partial charge in [0.25, 0.3) is 5.69 Å². The predicted molar refractivity (Wildman–Crippen MR) is 90.0 cm³/mol. The number of hydrogen-bond acceptors (Lipinski definition) is 6. The zero-order valence-corrected chi connectivity index (χ0v) is 13.2. The van der Waals surface area contributed by atoms with Crippen LogP contribution in [0.2, 0.25) is 5.02 Å². The molecular formula is C16H13ClN4O3. The molecule has 3 rings (SSSR count). The van der Waals surface area contributed by atoms with Crippen LogP contribution in [-0.2, 0) is 6.42 Å². The zero-order chi connectivity index (χ0) is 16.9. The van der Waals surface area contributed by atoms with E-state index in [1.54, 1.807) is 30.3 Å². The molecule has 0 saturated heterocycles. The van der Waals surface area contributed by atoms with Gasteiger partial charge in [-0.05, 0) is 18.2 Å². The van der Waals surface area contributed by atoms with Gasteiger partial charge in [0.1, 0.15) is 5.69 Å². The van der Waals surface area contributed by atoms with Crippen LogP contribution in [0, 0.1) is 10.1 Å². The Morgan fingerprint density at radius 1 is 1.21 bits per heavy atom. The molecule has 8 heteroatoms. The van der Waals surface area contributed by atoms with E-state index in [-0.39, 0.29) is 5.69 Å². The third kappa shape index (κ3) is 3.69. The van der Waals surface area contributed by atoms with Crippen molar-refractivity contribution in [1.29, 1.82) is 0 Å². The highest BCUT2D eigenvalue weighted by atomic mass is 35.5. The van der Waals surface area contributed by atoms with Gasteiger partial charge >= 0.3 is 0 Å². The lowest BCUT2D eigenvalue weighted by molar-refractivity contribution is -0.384. The Kier molecular flexibility index (Phi) is 4.72. The van der Waals surface area contributed by atoms with Gasteiger partial charge in [-0.2, -0.15) is 4.98 Å². The highest BCUT2D eigenvalue weighted by Crippen LogP contribution is 2.23. The number of nitro benzene ring substituents is 1. The van der Waals surface area contributed by atoms with Gasteiger partial charge in [-0.15, -0.1) is 0 Å². The Balaban J connectivity index is 1.63. The third-order valence-corrected chi connectivity index (χ3v) is 3.54. The number of anilines is 1. The maximum absolute atomic E-state index is 11.0. The highest BCUT2D eigenvalue weighted by Gasteiger charge is 2.13. The van der Waals surface area contributed by atoms with E-state index in [2.05, 4.69) is 15.5 Å². The van der Waals surface area contributed by atoms with E-state index in [0.29, 0.717) is 35.4 Å². The molecule has 0 bridgehead atoms. The second-order valence-corrected chi connectivity index (χ2v) is 5.41. The molecule has 0 aliphatic carbocycles. The molecule has 2 aromatic carbocycles. The maximum atomic E-state index is 11.0. The molecule has 0 radical (unpaired) electrons. The molecule has 0 atom stereocenters. The van der Waals surface area contributed by atoms with E-state index in [1.165, 1.54) is 6.07 Å². The van der Waals surface area contributed by atoms with Gasteiger partial charge in [-0.25, -0.2) is 0 Å². The van der Waals surface area contributed by atoms with Crippen molar-refractivity contribution in [3.63, 3.8) is 0 Å². The molecule has 24 heavy (non-hydrogen) atoms. The van der Waals surface area contributed by atoms with Crippen molar-refractivity contribution in [1.82, 2.24) is 10.1 Å². The first-order valence-corrected chi connectivity index (χ1v) is 7.57. The summed E-state index contributed by atoms with van der Waals surface area (Å²) >= 11 is 5.94. The largest absolute Gasteiger partial charge is 0.379 e. The minimum absolute atomic E-state index is 0.0302. The molecule has 7 nitrogen and oxygen atoms in total. The second kappa shape index (κ2) is 7.10. The minimum atomic E-state index is -0.424. The average Bonchev–Trinajstić information content (AvgIpc) is 3.04. The van der Waals surface area contributed by atoms with Crippen molar-refractivity contribution in [3.8, 4) is 11.4 Å². The van der Waals surface area contributed by atoms with Gasteiger partial charge in [0.2, 0.25) is 11.7 Å². The second-order valence-electron chi connectivity index (χ2n) is 4.97. The van der Waals surface area contributed by atoms with Crippen molar-refractivity contribution in [2.45, 2.75) is 6.42 Å². The lowest BCUT2D eigenvalue weighted by Gasteiger charge is -2.04. The molecular weight excluding hydrogens is 332 g/mol. The van der Waals surface area contributed by atoms with Crippen molar-refractivity contribution in [2.75, 3.05) is 11.9 Å². The van der Waals surface area contributed by atoms with Crippen molar-refractivity contribution in [2.24, 2.45) is 0 Å². The molecule has 1 heterocycles. The number of nitro groups is 1. The summed E-state index contributed by atoms with van der Waals surface area (Å²) in [6.45, 7) is 0.433. The number of aromatic nitrogens is 2. The average molecular weight is 345 g/mol. The number of nitrogens with one attached hydrogen (secondary N) is 1. The first kappa shape index (κ1) is 15.9. The fraction of sp³-hybridized carbons (Fsp3) is 0.125. The molecule has 1 N–H and O–H groups in total. The molecule has 0 amide bonds. The van der Waals surface area contributed by atoms with Gasteiger partial charge in [0.15, 0.2) is 0 Å². The number of halogens is 1. The summed E-state index contributed by atoms with van der Waals surface area (Å²) in [5.74, 6) is 0.897. The van der Waals surface area contributed by atoms with Crippen LogP contribution in [0.1, 0.15) is 5.89 Å². The van der Waals surface area contributed by atoms with E-state index in [0.717, 1.165) is 5.56 Å². The van der Waals surface area contributed by atoms with E-state index < -0.39 is 4.92 Å². The smallest absolute Gasteiger partial charge is 0.292 e. The highest BCUT2D eigenvalue weighted by molar-refractivity contribution is 6.30. The molecule has 0 saturated carbocycles. The van der Waals surface area contributed by atoms with Gasteiger partial charge in [-0.1, -0.05) is 41.0 Å². The summed E-state index contributed by atoms with van der Waals surface area (Å²) in [6, 6.07) is 13.6. The summed E-state index contributed by atoms with van der Waals surface area (Å²) in [6.07, 6.45) is 0.444.